The Bertz CT molecular complexity index is 650. The normalized spacial score (nSPS) is 18.0. The van der Waals surface area contributed by atoms with E-state index in [0.29, 0.717) is 23.7 Å². The summed E-state index contributed by atoms with van der Waals surface area (Å²) in [6.07, 6.45) is 3.30. The van der Waals surface area contributed by atoms with Crippen molar-refractivity contribution in [3.8, 4) is 0 Å². The Morgan fingerprint density at radius 1 is 1.43 bits per heavy atom. The molecule has 0 unspecified atom stereocenters. The molecule has 2 aromatic rings. The van der Waals surface area contributed by atoms with Gasteiger partial charge in [-0.2, -0.15) is 5.10 Å². The van der Waals surface area contributed by atoms with E-state index in [-0.39, 0.29) is 11.8 Å². The molecule has 6 nitrogen and oxygen atoms in total. The molecule has 0 aliphatic carbocycles. The molecule has 0 aromatic carbocycles. The third-order valence-electron chi connectivity index (χ3n) is 3.51. The van der Waals surface area contributed by atoms with E-state index < -0.39 is 6.04 Å². The second kappa shape index (κ2) is 5.69. The Morgan fingerprint density at radius 3 is 2.95 bits per heavy atom. The lowest BCUT2D eigenvalue weighted by atomic mass is 10.2. The number of likely N-dealkylation sites (tertiary alicyclic amines) is 1. The maximum atomic E-state index is 12.4. The molecule has 0 saturated carbocycles. The molecule has 110 valence electrons. The average molecular weight is 304 g/mol. The minimum Gasteiger partial charge on any atom is -0.326 e. The smallest absolute Gasteiger partial charge is 0.264 e. The van der Waals surface area contributed by atoms with Crippen LogP contribution in [0.25, 0.3) is 0 Å². The highest BCUT2D eigenvalue weighted by atomic mass is 32.1. The topological polar surface area (TPSA) is 67.2 Å². The van der Waals surface area contributed by atoms with Gasteiger partial charge in [0.15, 0.2) is 5.82 Å². The van der Waals surface area contributed by atoms with E-state index in [2.05, 4.69) is 10.4 Å². The predicted octanol–water partition coefficient (Wildman–Crippen LogP) is 1.72. The maximum Gasteiger partial charge on any atom is 0.264 e. The monoisotopic (exact) mass is 304 g/mol. The number of anilines is 1. The lowest BCUT2D eigenvalue weighted by Gasteiger charge is -2.23. The number of aryl methyl sites for hydroxylation is 1. The largest absolute Gasteiger partial charge is 0.326 e. The summed E-state index contributed by atoms with van der Waals surface area (Å²) in [5.41, 5.74) is 0. The van der Waals surface area contributed by atoms with Gasteiger partial charge in [0, 0.05) is 25.9 Å². The van der Waals surface area contributed by atoms with Crippen LogP contribution in [0.1, 0.15) is 22.5 Å². The van der Waals surface area contributed by atoms with Crippen LogP contribution in [0.15, 0.2) is 29.8 Å². The fraction of sp³-hybridized carbons (Fsp3) is 0.357. The second-order valence-corrected chi connectivity index (χ2v) is 5.95. The average Bonchev–Trinajstić information content (AvgIpc) is 3.19. The molecular weight excluding hydrogens is 288 g/mol. The number of amides is 2. The van der Waals surface area contributed by atoms with Gasteiger partial charge in [-0.3, -0.25) is 14.3 Å². The molecular formula is C14H16N4O2S. The number of hydrogen-bond donors (Lipinski definition) is 1. The first kappa shape index (κ1) is 13.8. The number of rotatable bonds is 3. The van der Waals surface area contributed by atoms with E-state index in [0.717, 1.165) is 6.42 Å². The lowest BCUT2D eigenvalue weighted by molar-refractivity contribution is -0.119. The fourth-order valence-corrected chi connectivity index (χ4v) is 3.19. The SMILES string of the molecule is Cn1ccc(NC(=O)[C@@H]2CCCN2C(=O)c2cccs2)n1. The molecule has 0 spiro atoms. The summed E-state index contributed by atoms with van der Waals surface area (Å²) in [4.78, 5) is 27.1. The molecule has 1 atom stereocenters. The summed E-state index contributed by atoms with van der Waals surface area (Å²) in [5.74, 6) is 0.276. The van der Waals surface area contributed by atoms with Gasteiger partial charge in [0.05, 0.1) is 4.88 Å². The van der Waals surface area contributed by atoms with Crippen molar-refractivity contribution in [3.63, 3.8) is 0 Å². The number of aromatic nitrogens is 2. The van der Waals surface area contributed by atoms with Gasteiger partial charge in [-0.05, 0) is 24.3 Å². The van der Waals surface area contributed by atoms with Crippen molar-refractivity contribution in [2.45, 2.75) is 18.9 Å². The molecule has 1 fully saturated rings. The van der Waals surface area contributed by atoms with E-state index in [4.69, 9.17) is 0 Å². The van der Waals surface area contributed by atoms with Gasteiger partial charge in [0.2, 0.25) is 5.91 Å². The number of nitrogens with one attached hydrogen (secondary N) is 1. The Kier molecular flexibility index (Phi) is 3.74. The summed E-state index contributed by atoms with van der Waals surface area (Å²) in [5, 5.41) is 8.77. The van der Waals surface area contributed by atoms with Crippen LogP contribution in [0.5, 0.6) is 0 Å². The van der Waals surface area contributed by atoms with E-state index in [9.17, 15) is 9.59 Å². The quantitative estimate of drug-likeness (QED) is 0.939. The van der Waals surface area contributed by atoms with Crippen LogP contribution in [0.4, 0.5) is 5.82 Å². The molecule has 1 saturated heterocycles. The molecule has 1 aliphatic rings. The van der Waals surface area contributed by atoms with Crippen LogP contribution in [0.2, 0.25) is 0 Å². The van der Waals surface area contributed by atoms with Gasteiger partial charge in [0.25, 0.3) is 5.91 Å². The van der Waals surface area contributed by atoms with Crippen LogP contribution >= 0.6 is 11.3 Å². The second-order valence-electron chi connectivity index (χ2n) is 5.00. The van der Waals surface area contributed by atoms with E-state index >= 15 is 0 Å². The Morgan fingerprint density at radius 2 is 2.29 bits per heavy atom. The molecule has 21 heavy (non-hydrogen) atoms. The fourth-order valence-electron chi connectivity index (χ4n) is 2.52. The summed E-state index contributed by atoms with van der Waals surface area (Å²) >= 11 is 1.40. The summed E-state index contributed by atoms with van der Waals surface area (Å²) < 4.78 is 1.62. The van der Waals surface area contributed by atoms with Crippen molar-refractivity contribution in [2.24, 2.45) is 7.05 Å². The number of thiophene rings is 1. The van der Waals surface area contributed by atoms with Crippen molar-refractivity contribution < 1.29 is 9.59 Å². The first-order chi connectivity index (χ1) is 10.1. The van der Waals surface area contributed by atoms with Crippen molar-refractivity contribution >= 4 is 29.0 Å². The van der Waals surface area contributed by atoms with E-state index in [1.807, 2.05) is 11.4 Å². The van der Waals surface area contributed by atoms with Gasteiger partial charge in [-0.15, -0.1) is 11.3 Å². The third-order valence-corrected chi connectivity index (χ3v) is 4.37. The molecule has 0 bridgehead atoms. The van der Waals surface area contributed by atoms with Gasteiger partial charge in [-0.1, -0.05) is 6.07 Å². The molecule has 2 amide bonds. The zero-order valence-electron chi connectivity index (χ0n) is 11.7. The molecule has 0 radical (unpaired) electrons. The first-order valence-electron chi connectivity index (χ1n) is 6.80. The van der Waals surface area contributed by atoms with E-state index in [1.54, 1.807) is 35.0 Å². The van der Waals surface area contributed by atoms with Gasteiger partial charge in [-0.25, -0.2) is 0 Å². The highest BCUT2D eigenvalue weighted by molar-refractivity contribution is 7.12. The minimum atomic E-state index is -0.415. The summed E-state index contributed by atoms with van der Waals surface area (Å²) in [6.45, 7) is 0.622. The zero-order valence-corrected chi connectivity index (χ0v) is 12.5. The van der Waals surface area contributed by atoms with Crippen LogP contribution in [-0.2, 0) is 11.8 Å². The van der Waals surface area contributed by atoms with Crippen molar-refractivity contribution in [1.82, 2.24) is 14.7 Å². The van der Waals surface area contributed by atoms with Crippen LogP contribution in [0, 0.1) is 0 Å². The van der Waals surface area contributed by atoms with Crippen LogP contribution < -0.4 is 5.32 Å². The number of hydrogen-bond acceptors (Lipinski definition) is 4. The minimum absolute atomic E-state index is 0.0660. The maximum absolute atomic E-state index is 12.4. The molecule has 3 rings (SSSR count). The number of carbonyl (C=O) groups excluding carboxylic acids is 2. The van der Waals surface area contributed by atoms with Gasteiger partial charge >= 0.3 is 0 Å². The highest BCUT2D eigenvalue weighted by Crippen LogP contribution is 2.23. The highest BCUT2D eigenvalue weighted by Gasteiger charge is 2.35. The standard InChI is InChI=1S/C14H16N4O2S/c1-17-8-6-12(16-17)15-13(19)10-4-2-7-18(10)14(20)11-5-3-9-21-11/h3,5-6,8-10H,2,4,7H2,1H3,(H,15,16,19)/t10-/m0/s1. The van der Waals surface area contributed by atoms with Crippen LogP contribution in [0.3, 0.4) is 0 Å². The number of carbonyl (C=O) groups is 2. The third kappa shape index (κ3) is 2.82. The summed E-state index contributed by atoms with van der Waals surface area (Å²) in [6, 6.07) is 4.95. The lowest BCUT2D eigenvalue weighted by Crippen LogP contribution is -2.43. The summed E-state index contributed by atoms with van der Waals surface area (Å²) in [7, 11) is 1.79. The Hall–Kier alpha value is -2.15. The Labute approximate surface area is 126 Å². The van der Waals surface area contributed by atoms with Gasteiger partial charge in [0.1, 0.15) is 6.04 Å². The Balaban J connectivity index is 1.71. The zero-order chi connectivity index (χ0) is 14.8. The van der Waals surface area contributed by atoms with Crippen molar-refractivity contribution in [3.05, 3.63) is 34.7 Å². The molecule has 7 heteroatoms. The molecule has 3 heterocycles. The van der Waals surface area contributed by atoms with Crippen molar-refractivity contribution in [2.75, 3.05) is 11.9 Å². The first-order valence-corrected chi connectivity index (χ1v) is 7.68. The van der Waals surface area contributed by atoms with E-state index in [1.165, 1.54) is 11.3 Å². The molecule has 1 N–H and O–H groups in total. The molecule has 2 aromatic heterocycles. The van der Waals surface area contributed by atoms with Crippen molar-refractivity contribution in [1.29, 1.82) is 0 Å². The van der Waals surface area contributed by atoms with Crippen LogP contribution in [-0.4, -0.2) is 39.1 Å². The number of nitrogens with zero attached hydrogens (tertiary/aromatic N) is 3. The van der Waals surface area contributed by atoms with Gasteiger partial charge < -0.3 is 10.2 Å². The molecule has 1 aliphatic heterocycles. The predicted molar refractivity (Wildman–Crippen MR) is 80.2 cm³/mol.